The van der Waals surface area contributed by atoms with Gasteiger partial charge in [-0.1, -0.05) is 15.9 Å². The van der Waals surface area contributed by atoms with E-state index in [2.05, 4.69) is 69.0 Å². The molecular formula is C12H11BrINO. The summed E-state index contributed by atoms with van der Waals surface area (Å²) in [6.07, 6.45) is 0. The first-order chi connectivity index (χ1) is 7.63. The number of benzene rings is 1. The summed E-state index contributed by atoms with van der Waals surface area (Å²) in [5.74, 6) is 0.946. The number of rotatable bonds is 3. The van der Waals surface area contributed by atoms with Gasteiger partial charge in [0, 0.05) is 10.2 Å². The molecule has 0 fully saturated rings. The quantitative estimate of drug-likeness (QED) is 0.775. The van der Waals surface area contributed by atoms with Crippen LogP contribution in [-0.2, 0) is 6.54 Å². The first-order valence-electron chi connectivity index (χ1n) is 4.89. The summed E-state index contributed by atoms with van der Waals surface area (Å²) in [5.41, 5.74) is 2.32. The molecule has 4 heteroatoms. The van der Waals surface area contributed by atoms with Gasteiger partial charge >= 0.3 is 0 Å². The van der Waals surface area contributed by atoms with Gasteiger partial charge in [0.2, 0.25) is 0 Å². The van der Waals surface area contributed by atoms with Gasteiger partial charge in [0.05, 0.1) is 6.54 Å². The molecule has 0 saturated carbocycles. The molecule has 0 aliphatic heterocycles. The van der Waals surface area contributed by atoms with Crippen LogP contribution in [0.5, 0.6) is 0 Å². The zero-order chi connectivity index (χ0) is 11.5. The Bertz CT molecular complexity index is 475. The second-order valence-corrected chi connectivity index (χ2v) is 5.56. The minimum Gasteiger partial charge on any atom is -0.454 e. The molecule has 2 nitrogen and oxygen atoms in total. The van der Waals surface area contributed by atoms with Gasteiger partial charge in [-0.2, -0.15) is 0 Å². The molecule has 0 spiro atoms. The second kappa shape index (κ2) is 5.23. The van der Waals surface area contributed by atoms with E-state index in [0.29, 0.717) is 6.54 Å². The minimum atomic E-state index is 0.707. The molecule has 0 bridgehead atoms. The molecule has 0 aliphatic carbocycles. The summed E-state index contributed by atoms with van der Waals surface area (Å²) in [6, 6.07) is 10.2. The van der Waals surface area contributed by atoms with Crippen LogP contribution in [0.25, 0.3) is 0 Å². The predicted molar refractivity (Wildman–Crippen MR) is 77.6 cm³/mol. The standard InChI is InChI=1S/C12H11BrINO/c1-8-4-9(13)6-10(5-8)15-7-11-2-3-12(14)16-11/h2-6,15H,7H2,1H3. The third kappa shape index (κ3) is 3.25. The zero-order valence-corrected chi connectivity index (χ0v) is 12.5. The van der Waals surface area contributed by atoms with E-state index in [1.807, 2.05) is 12.1 Å². The molecule has 1 aromatic carbocycles. The Morgan fingerprint density at radius 1 is 1.31 bits per heavy atom. The van der Waals surface area contributed by atoms with Crippen molar-refractivity contribution in [3.05, 3.63) is 49.9 Å². The lowest BCUT2D eigenvalue weighted by atomic mass is 10.2. The fourth-order valence-corrected chi connectivity index (χ4v) is 2.54. The van der Waals surface area contributed by atoms with Crippen molar-refractivity contribution in [3.63, 3.8) is 0 Å². The Hall–Kier alpha value is -0.490. The molecule has 2 aromatic rings. The Balaban J connectivity index is 2.04. The van der Waals surface area contributed by atoms with Crippen LogP contribution >= 0.6 is 38.5 Å². The van der Waals surface area contributed by atoms with Crippen molar-refractivity contribution in [2.75, 3.05) is 5.32 Å². The molecule has 0 unspecified atom stereocenters. The lowest BCUT2D eigenvalue weighted by Gasteiger charge is -2.06. The third-order valence-corrected chi connectivity index (χ3v) is 3.18. The van der Waals surface area contributed by atoms with E-state index >= 15 is 0 Å². The van der Waals surface area contributed by atoms with Crippen LogP contribution in [0.2, 0.25) is 0 Å². The van der Waals surface area contributed by atoms with E-state index < -0.39 is 0 Å². The number of anilines is 1. The van der Waals surface area contributed by atoms with Crippen LogP contribution in [0.4, 0.5) is 5.69 Å². The first-order valence-corrected chi connectivity index (χ1v) is 6.76. The van der Waals surface area contributed by atoms with Gasteiger partial charge in [0.1, 0.15) is 5.76 Å². The van der Waals surface area contributed by atoms with Gasteiger partial charge in [-0.3, -0.25) is 0 Å². The maximum atomic E-state index is 5.48. The van der Waals surface area contributed by atoms with Crippen LogP contribution in [0.15, 0.2) is 39.2 Å². The van der Waals surface area contributed by atoms with E-state index in [1.54, 1.807) is 0 Å². The lowest BCUT2D eigenvalue weighted by molar-refractivity contribution is 0.493. The fraction of sp³-hybridized carbons (Fsp3) is 0.167. The molecule has 0 saturated heterocycles. The smallest absolute Gasteiger partial charge is 0.164 e. The molecule has 0 atom stereocenters. The van der Waals surface area contributed by atoms with E-state index in [-0.39, 0.29) is 0 Å². The fourth-order valence-electron chi connectivity index (χ4n) is 1.47. The van der Waals surface area contributed by atoms with Gasteiger partial charge in [0.15, 0.2) is 3.77 Å². The number of nitrogens with one attached hydrogen (secondary N) is 1. The summed E-state index contributed by atoms with van der Waals surface area (Å²) in [4.78, 5) is 0. The summed E-state index contributed by atoms with van der Waals surface area (Å²) in [7, 11) is 0. The molecule has 84 valence electrons. The molecule has 1 heterocycles. The Labute approximate surface area is 117 Å². The van der Waals surface area contributed by atoms with Gasteiger partial charge in [-0.05, 0) is 65.4 Å². The summed E-state index contributed by atoms with van der Waals surface area (Å²) >= 11 is 5.64. The second-order valence-electron chi connectivity index (χ2n) is 3.58. The van der Waals surface area contributed by atoms with Crippen molar-refractivity contribution in [1.29, 1.82) is 0 Å². The van der Waals surface area contributed by atoms with Gasteiger partial charge < -0.3 is 9.73 Å². The van der Waals surface area contributed by atoms with Crippen molar-refractivity contribution < 1.29 is 4.42 Å². The SMILES string of the molecule is Cc1cc(Br)cc(NCc2ccc(I)o2)c1. The first kappa shape index (κ1) is 12.0. The molecule has 0 amide bonds. The van der Waals surface area contributed by atoms with Crippen molar-refractivity contribution >= 4 is 44.2 Å². The number of aryl methyl sites for hydroxylation is 1. The minimum absolute atomic E-state index is 0.707. The predicted octanol–water partition coefficient (Wildman–Crippen LogP) is 4.57. The molecular weight excluding hydrogens is 381 g/mol. The monoisotopic (exact) mass is 391 g/mol. The molecule has 0 radical (unpaired) electrons. The van der Waals surface area contributed by atoms with Crippen LogP contribution in [-0.4, -0.2) is 0 Å². The number of hydrogen-bond donors (Lipinski definition) is 1. The highest BCUT2D eigenvalue weighted by Gasteiger charge is 2.00. The van der Waals surface area contributed by atoms with Crippen LogP contribution in [0, 0.1) is 10.7 Å². The van der Waals surface area contributed by atoms with E-state index in [9.17, 15) is 0 Å². The Morgan fingerprint density at radius 3 is 2.75 bits per heavy atom. The lowest BCUT2D eigenvalue weighted by Crippen LogP contribution is -1.98. The number of hydrogen-bond acceptors (Lipinski definition) is 2. The van der Waals surface area contributed by atoms with Crippen molar-refractivity contribution in [1.82, 2.24) is 0 Å². The highest BCUT2D eigenvalue weighted by molar-refractivity contribution is 14.1. The van der Waals surface area contributed by atoms with Crippen molar-refractivity contribution in [2.45, 2.75) is 13.5 Å². The van der Waals surface area contributed by atoms with Gasteiger partial charge in [-0.15, -0.1) is 0 Å². The average molecular weight is 392 g/mol. The van der Waals surface area contributed by atoms with Crippen molar-refractivity contribution in [3.8, 4) is 0 Å². The molecule has 1 N–H and O–H groups in total. The topological polar surface area (TPSA) is 25.2 Å². The molecule has 2 rings (SSSR count). The number of halogens is 2. The summed E-state index contributed by atoms with van der Waals surface area (Å²) in [5, 5.41) is 3.33. The molecule has 0 aliphatic rings. The average Bonchev–Trinajstić information content (AvgIpc) is 2.60. The Kier molecular flexibility index (Phi) is 3.91. The van der Waals surface area contributed by atoms with Gasteiger partial charge in [0.25, 0.3) is 0 Å². The largest absolute Gasteiger partial charge is 0.454 e. The normalized spacial score (nSPS) is 10.4. The van der Waals surface area contributed by atoms with Gasteiger partial charge in [-0.25, -0.2) is 0 Å². The van der Waals surface area contributed by atoms with E-state index in [0.717, 1.165) is 19.7 Å². The maximum Gasteiger partial charge on any atom is 0.164 e. The molecule has 16 heavy (non-hydrogen) atoms. The highest BCUT2D eigenvalue weighted by atomic mass is 127. The van der Waals surface area contributed by atoms with Crippen LogP contribution in [0.1, 0.15) is 11.3 Å². The zero-order valence-electron chi connectivity index (χ0n) is 8.76. The third-order valence-electron chi connectivity index (χ3n) is 2.14. The highest BCUT2D eigenvalue weighted by Crippen LogP contribution is 2.20. The maximum absolute atomic E-state index is 5.48. The Morgan fingerprint density at radius 2 is 2.12 bits per heavy atom. The van der Waals surface area contributed by atoms with E-state index in [4.69, 9.17) is 4.42 Å². The summed E-state index contributed by atoms with van der Waals surface area (Å²) in [6.45, 7) is 2.78. The van der Waals surface area contributed by atoms with Crippen LogP contribution in [0.3, 0.4) is 0 Å². The number of furan rings is 1. The summed E-state index contributed by atoms with van der Waals surface area (Å²) < 4.78 is 7.48. The molecule has 1 aromatic heterocycles. The van der Waals surface area contributed by atoms with E-state index in [1.165, 1.54) is 5.56 Å². The van der Waals surface area contributed by atoms with Crippen molar-refractivity contribution in [2.24, 2.45) is 0 Å². The van der Waals surface area contributed by atoms with Crippen LogP contribution < -0.4 is 5.32 Å².